The summed E-state index contributed by atoms with van der Waals surface area (Å²) in [7, 11) is 0. The Hall–Kier alpha value is -5.74. The van der Waals surface area contributed by atoms with E-state index in [1.807, 2.05) is 83.6 Å². The van der Waals surface area contributed by atoms with Gasteiger partial charge in [-0.05, 0) is 42.8 Å². The maximum atomic E-state index is 14.6. The van der Waals surface area contributed by atoms with Crippen LogP contribution in [0.1, 0.15) is 35.2 Å². The number of para-hydroxylation sites is 1. The van der Waals surface area contributed by atoms with Gasteiger partial charge in [-0.1, -0.05) is 84.1 Å². The molecule has 0 spiro atoms. The summed E-state index contributed by atoms with van der Waals surface area (Å²) < 4.78 is 35.4. The Morgan fingerprint density at radius 1 is 1.00 bits per heavy atom. The smallest absolute Gasteiger partial charge is 0.338 e. The normalized spacial score (nSPS) is 15.5. The summed E-state index contributed by atoms with van der Waals surface area (Å²) in [6.07, 6.45) is 3.78. The SMILES string of the molecule is CCOC(=O)C1=C(c2ccccc2)N=c2s/c(=C\c3cn(Cc4ccccc4F)c4ccccc34)c(=O)n2[C@H]1c1ccc2c(c1)OCO2. The Balaban J connectivity index is 1.35. The highest BCUT2D eigenvalue weighted by molar-refractivity contribution is 7.07. The third-order valence-corrected chi connectivity index (χ3v) is 9.47. The molecule has 4 heterocycles. The topological polar surface area (TPSA) is 84.1 Å². The Bertz CT molecular complexity index is 2440. The third kappa shape index (κ3) is 5.10. The molecule has 8 rings (SSSR count). The van der Waals surface area contributed by atoms with Gasteiger partial charge in [0.2, 0.25) is 6.79 Å². The van der Waals surface area contributed by atoms with E-state index in [4.69, 9.17) is 19.2 Å². The van der Waals surface area contributed by atoms with Crippen molar-refractivity contribution in [3.63, 3.8) is 0 Å². The molecule has 0 saturated heterocycles. The number of carbonyl (C=O) groups excluding carboxylic acids is 1. The van der Waals surface area contributed by atoms with Crippen molar-refractivity contribution in [1.82, 2.24) is 9.13 Å². The molecule has 2 aliphatic rings. The van der Waals surface area contributed by atoms with Gasteiger partial charge >= 0.3 is 5.97 Å². The molecular formula is C38H28FN3O5S. The quantitative estimate of drug-likeness (QED) is 0.203. The van der Waals surface area contributed by atoms with Crippen molar-refractivity contribution >= 4 is 40.0 Å². The molecular weight excluding hydrogens is 629 g/mol. The second kappa shape index (κ2) is 12.1. The number of carbonyl (C=O) groups is 1. The molecule has 0 saturated carbocycles. The summed E-state index contributed by atoms with van der Waals surface area (Å²) in [5.41, 5.74) is 4.04. The number of aromatic nitrogens is 2. The van der Waals surface area contributed by atoms with Crippen molar-refractivity contribution in [3.8, 4) is 11.5 Å². The van der Waals surface area contributed by atoms with Crippen molar-refractivity contribution in [2.45, 2.75) is 19.5 Å². The Labute approximate surface area is 277 Å². The second-order valence-electron chi connectivity index (χ2n) is 11.4. The molecule has 4 aromatic carbocycles. The van der Waals surface area contributed by atoms with Crippen LogP contribution in [0.5, 0.6) is 11.5 Å². The zero-order valence-electron chi connectivity index (χ0n) is 25.8. The first-order valence-corrected chi connectivity index (χ1v) is 16.3. The van der Waals surface area contributed by atoms with Crippen LogP contribution in [0.25, 0.3) is 22.7 Å². The highest BCUT2D eigenvalue weighted by Crippen LogP contribution is 2.40. The fourth-order valence-corrected chi connectivity index (χ4v) is 7.30. The van der Waals surface area contributed by atoms with Crippen molar-refractivity contribution in [1.29, 1.82) is 0 Å². The zero-order valence-corrected chi connectivity index (χ0v) is 26.6. The number of fused-ring (bicyclic) bond motifs is 3. The van der Waals surface area contributed by atoms with Gasteiger partial charge in [0.25, 0.3) is 5.56 Å². The number of thiazole rings is 1. The van der Waals surface area contributed by atoms with Gasteiger partial charge < -0.3 is 18.8 Å². The van der Waals surface area contributed by atoms with Gasteiger partial charge in [0.1, 0.15) is 5.82 Å². The van der Waals surface area contributed by atoms with E-state index in [0.29, 0.717) is 44.2 Å². The molecule has 2 aliphatic heterocycles. The van der Waals surface area contributed by atoms with Crippen molar-refractivity contribution in [2.75, 3.05) is 13.4 Å². The number of nitrogens with zero attached hydrogens (tertiary/aromatic N) is 3. The van der Waals surface area contributed by atoms with Gasteiger partial charge in [-0.25, -0.2) is 14.2 Å². The standard InChI is InChI=1S/C38H28FN3O5S/c1-2-45-37(44)33-34(23-10-4-3-5-11-23)40-38-42(35(33)24-16-17-30-31(18-24)47-22-46-30)36(43)32(48-38)19-26-21-41(29-15-9-7-13-27(26)29)20-25-12-6-8-14-28(25)39/h3-19,21,35H,2,20,22H2,1H3/b32-19-/t35-/m0/s1. The molecule has 2 aromatic heterocycles. The number of rotatable bonds is 7. The molecule has 48 heavy (non-hydrogen) atoms. The number of hydrogen-bond acceptors (Lipinski definition) is 7. The van der Waals surface area contributed by atoms with Crippen LogP contribution >= 0.6 is 11.3 Å². The molecule has 8 nitrogen and oxygen atoms in total. The lowest BCUT2D eigenvalue weighted by atomic mass is 9.93. The predicted octanol–water partition coefficient (Wildman–Crippen LogP) is 5.81. The van der Waals surface area contributed by atoms with Crippen LogP contribution < -0.4 is 24.4 Å². The summed E-state index contributed by atoms with van der Waals surface area (Å²) >= 11 is 1.25. The van der Waals surface area contributed by atoms with Gasteiger partial charge in [-0.15, -0.1) is 0 Å². The van der Waals surface area contributed by atoms with E-state index in [0.717, 1.165) is 22.0 Å². The molecule has 1 atom stereocenters. The summed E-state index contributed by atoms with van der Waals surface area (Å²) in [6.45, 7) is 2.31. The van der Waals surface area contributed by atoms with Crippen LogP contribution in [0.4, 0.5) is 4.39 Å². The third-order valence-electron chi connectivity index (χ3n) is 8.49. The maximum Gasteiger partial charge on any atom is 0.338 e. The number of hydrogen-bond donors (Lipinski definition) is 0. The van der Waals surface area contributed by atoms with E-state index in [2.05, 4.69) is 0 Å². The summed E-state index contributed by atoms with van der Waals surface area (Å²) in [4.78, 5) is 33.7. The minimum Gasteiger partial charge on any atom is -0.463 e. The Morgan fingerprint density at radius 3 is 2.60 bits per heavy atom. The van der Waals surface area contributed by atoms with Crippen LogP contribution in [0, 0.1) is 5.82 Å². The van der Waals surface area contributed by atoms with Crippen LogP contribution in [-0.4, -0.2) is 28.5 Å². The largest absolute Gasteiger partial charge is 0.463 e. The number of halogens is 1. The monoisotopic (exact) mass is 657 g/mol. The van der Waals surface area contributed by atoms with Crippen molar-refractivity contribution < 1.29 is 23.4 Å². The summed E-state index contributed by atoms with van der Waals surface area (Å²) in [5.74, 6) is 0.273. The van der Waals surface area contributed by atoms with E-state index in [1.54, 1.807) is 35.8 Å². The first-order valence-electron chi connectivity index (χ1n) is 15.5. The van der Waals surface area contributed by atoms with Gasteiger partial charge in [0.15, 0.2) is 16.3 Å². The van der Waals surface area contributed by atoms with Gasteiger partial charge in [0, 0.05) is 33.8 Å². The molecule has 0 amide bonds. The summed E-state index contributed by atoms with van der Waals surface area (Å²) in [5, 5.41) is 0.921. The Morgan fingerprint density at radius 2 is 1.77 bits per heavy atom. The minimum atomic E-state index is -0.852. The second-order valence-corrected chi connectivity index (χ2v) is 12.4. The number of esters is 1. The van der Waals surface area contributed by atoms with Crippen LogP contribution in [-0.2, 0) is 16.1 Å². The van der Waals surface area contributed by atoms with Gasteiger partial charge in [0.05, 0.1) is 35.0 Å². The number of ether oxygens (including phenoxy) is 3. The van der Waals surface area contributed by atoms with Crippen LogP contribution in [0.3, 0.4) is 0 Å². The highest BCUT2D eigenvalue weighted by Gasteiger charge is 2.36. The number of benzene rings is 4. The molecule has 0 fully saturated rings. The molecule has 6 aromatic rings. The van der Waals surface area contributed by atoms with E-state index in [-0.39, 0.29) is 30.3 Å². The lowest BCUT2D eigenvalue weighted by molar-refractivity contribution is -0.138. The highest BCUT2D eigenvalue weighted by atomic mass is 32.1. The first-order chi connectivity index (χ1) is 23.5. The summed E-state index contributed by atoms with van der Waals surface area (Å²) in [6, 6.07) is 28.5. The molecule has 0 bridgehead atoms. The lowest BCUT2D eigenvalue weighted by Crippen LogP contribution is -2.40. The van der Waals surface area contributed by atoms with Gasteiger partial charge in [-0.2, -0.15) is 0 Å². The fraction of sp³-hybridized carbons (Fsp3) is 0.132. The molecule has 0 unspecified atom stereocenters. The maximum absolute atomic E-state index is 14.6. The predicted molar refractivity (Wildman–Crippen MR) is 181 cm³/mol. The van der Waals surface area contributed by atoms with Crippen LogP contribution in [0.2, 0.25) is 0 Å². The zero-order chi connectivity index (χ0) is 32.8. The lowest BCUT2D eigenvalue weighted by Gasteiger charge is -2.26. The minimum absolute atomic E-state index is 0.0852. The average Bonchev–Trinajstić information content (AvgIpc) is 3.81. The van der Waals surface area contributed by atoms with E-state index in [1.165, 1.54) is 17.4 Å². The van der Waals surface area contributed by atoms with Crippen LogP contribution in [0.15, 0.2) is 119 Å². The van der Waals surface area contributed by atoms with E-state index in [9.17, 15) is 14.0 Å². The average molecular weight is 658 g/mol. The van der Waals surface area contributed by atoms with Gasteiger partial charge in [-0.3, -0.25) is 9.36 Å². The molecule has 0 aliphatic carbocycles. The molecule has 238 valence electrons. The molecule has 0 N–H and O–H groups in total. The first kappa shape index (κ1) is 29.6. The van der Waals surface area contributed by atoms with Crippen molar-refractivity contribution in [3.05, 3.63) is 157 Å². The van der Waals surface area contributed by atoms with Crippen molar-refractivity contribution in [2.24, 2.45) is 4.99 Å². The molecule has 10 heteroatoms. The van der Waals surface area contributed by atoms with E-state index < -0.39 is 12.0 Å². The van der Waals surface area contributed by atoms with E-state index >= 15 is 0 Å². The fourth-order valence-electron chi connectivity index (χ4n) is 6.31. The molecule has 0 radical (unpaired) electrons. The Kier molecular flexibility index (Phi) is 7.49.